The third-order valence-electron chi connectivity index (χ3n) is 6.37. The number of allylic oxidation sites excluding steroid dienone is 2. The molecule has 3 amide bonds. The largest absolute Gasteiger partial charge is 0.492 e. The standard InChI is InChI=1S/C23H29N3O6S/c1-2-32-19-10-9-16(15-20(19)33(30,31)25-12-5-6-13-25)24-21(27)11-14-26-22(28)17-7-3-4-8-18(17)23(26)29/h3-4,9-10,15,17-18H,2,5-8,11-14H2,1H3,(H,24,27). The summed E-state index contributed by atoms with van der Waals surface area (Å²) in [6.45, 7) is 3.00. The van der Waals surface area contributed by atoms with Crippen molar-refractivity contribution in [3.63, 3.8) is 0 Å². The van der Waals surface area contributed by atoms with Crippen LogP contribution in [-0.2, 0) is 24.4 Å². The average Bonchev–Trinajstić information content (AvgIpc) is 3.43. The molecule has 2 heterocycles. The fourth-order valence-corrected chi connectivity index (χ4v) is 6.33. The number of sulfonamides is 1. The minimum absolute atomic E-state index is 0.00641. The Labute approximate surface area is 193 Å². The minimum atomic E-state index is -3.75. The number of fused-ring (bicyclic) bond motifs is 1. The number of nitrogens with zero attached hydrogens (tertiary/aromatic N) is 2. The van der Waals surface area contributed by atoms with Gasteiger partial charge in [-0.2, -0.15) is 4.31 Å². The van der Waals surface area contributed by atoms with Gasteiger partial charge in [0.2, 0.25) is 27.7 Å². The molecule has 0 spiro atoms. The summed E-state index contributed by atoms with van der Waals surface area (Å²) < 4.78 is 33.2. The molecule has 1 aromatic carbocycles. The number of carbonyl (C=O) groups excluding carboxylic acids is 3. The van der Waals surface area contributed by atoms with Gasteiger partial charge >= 0.3 is 0 Å². The second kappa shape index (κ2) is 9.64. The lowest BCUT2D eigenvalue weighted by Crippen LogP contribution is -2.34. The molecule has 1 N–H and O–H groups in total. The quantitative estimate of drug-likeness (QED) is 0.455. The molecule has 1 aromatic rings. The Hall–Kier alpha value is -2.72. The molecule has 178 valence electrons. The number of likely N-dealkylation sites (tertiary alicyclic amines) is 1. The summed E-state index contributed by atoms with van der Waals surface area (Å²) in [5.74, 6) is -1.25. The fourth-order valence-electron chi connectivity index (χ4n) is 4.66. The van der Waals surface area contributed by atoms with Crippen LogP contribution in [0.1, 0.15) is 39.0 Å². The summed E-state index contributed by atoms with van der Waals surface area (Å²) >= 11 is 0. The van der Waals surface area contributed by atoms with E-state index in [9.17, 15) is 22.8 Å². The number of hydrogen-bond acceptors (Lipinski definition) is 6. The molecular formula is C23H29N3O6S. The van der Waals surface area contributed by atoms with Crippen LogP contribution in [0.2, 0.25) is 0 Å². The van der Waals surface area contributed by atoms with Crippen LogP contribution in [0.25, 0.3) is 0 Å². The Kier molecular flexibility index (Phi) is 6.85. The van der Waals surface area contributed by atoms with Gasteiger partial charge in [0.1, 0.15) is 10.6 Å². The Balaban J connectivity index is 1.44. The van der Waals surface area contributed by atoms with E-state index in [2.05, 4.69) is 5.32 Å². The first-order chi connectivity index (χ1) is 15.8. The van der Waals surface area contributed by atoms with Crippen molar-refractivity contribution in [2.24, 2.45) is 11.8 Å². The smallest absolute Gasteiger partial charge is 0.246 e. The van der Waals surface area contributed by atoms with Crippen LogP contribution in [0.15, 0.2) is 35.2 Å². The Morgan fingerprint density at radius 1 is 1.09 bits per heavy atom. The van der Waals surface area contributed by atoms with Crippen LogP contribution in [0.4, 0.5) is 5.69 Å². The first kappa shape index (κ1) is 23.4. The second-order valence-electron chi connectivity index (χ2n) is 8.49. The summed E-state index contributed by atoms with van der Waals surface area (Å²) in [6.07, 6.45) is 6.50. The SMILES string of the molecule is CCOc1ccc(NC(=O)CCN2C(=O)C3CC=CCC3C2=O)cc1S(=O)(=O)N1CCCC1. The molecular weight excluding hydrogens is 446 g/mol. The van der Waals surface area contributed by atoms with E-state index < -0.39 is 15.9 Å². The third-order valence-corrected chi connectivity index (χ3v) is 8.29. The molecule has 1 aliphatic carbocycles. The summed E-state index contributed by atoms with van der Waals surface area (Å²) in [5.41, 5.74) is 0.318. The van der Waals surface area contributed by atoms with Crippen molar-refractivity contribution in [3.05, 3.63) is 30.4 Å². The van der Waals surface area contributed by atoms with Crippen LogP contribution in [0.3, 0.4) is 0 Å². The van der Waals surface area contributed by atoms with Gasteiger partial charge in [0, 0.05) is 31.7 Å². The summed E-state index contributed by atoms with van der Waals surface area (Å²) in [4.78, 5) is 38.9. The monoisotopic (exact) mass is 475 g/mol. The van der Waals surface area contributed by atoms with Gasteiger partial charge in [0.25, 0.3) is 0 Å². The maximum absolute atomic E-state index is 13.1. The van der Waals surface area contributed by atoms with Crippen molar-refractivity contribution >= 4 is 33.4 Å². The molecule has 2 aliphatic heterocycles. The van der Waals surface area contributed by atoms with Gasteiger partial charge in [0.05, 0.1) is 18.4 Å². The summed E-state index contributed by atoms with van der Waals surface area (Å²) in [6, 6.07) is 4.52. The molecule has 0 bridgehead atoms. The lowest BCUT2D eigenvalue weighted by atomic mass is 9.85. The summed E-state index contributed by atoms with van der Waals surface area (Å²) in [7, 11) is -3.75. The second-order valence-corrected chi connectivity index (χ2v) is 10.4. The van der Waals surface area contributed by atoms with E-state index in [0.717, 1.165) is 12.8 Å². The van der Waals surface area contributed by atoms with Gasteiger partial charge in [0.15, 0.2) is 0 Å². The molecule has 3 aliphatic rings. The van der Waals surface area contributed by atoms with Crippen molar-refractivity contribution in [3.8, 4) is 5.75 Å². The molecule has 10 heteroatoms. The number of anilines is 1. The highest BCUT2D eigenvalue weighted by Gasteiger charge is 2.46. The van der Waals surface area contributed by atoms with Crippen LogP contribution in [-0.4, -0.2) is 61.6 Å². The molecule has 0 radical (unpaired) electrons. The molecule has 2 atom stereocenters. The van der Waals surface area contributed by atoms with Crippen molar-refractivity contribution < 1.29 is 27.5 Å². The van der Waals surface area contributed by atoms with E-state index >= 15 is 0 Å². The normalized spacial score (nSPS) is 23.1. The van der Waals surface area contributed by atoms with E-state index in [-0.39, 0.29) is 47.3 Å². The van der Waals surface area contributed by atoms with Crippen molar-refractivity contribution in [2.45, 2.75) is 43.9 Å². The lowest BCUT2D eigenvalue weighted by molar-refractivity contribution is -0.140. The molecule has 0 saturated carbocycles. The first-order valence-corrected chi connectivity index (χ1v) is 12.8. The minimum Gasteiger partial charge on any atom is -0.492 e. The molecule has 2 saturated heterocycles. The predicted octanol–water partition coefficient (Wildman–Crippen LogP) is 2.15. The number of imide groups is 1. The average molecular weight is 476 g/mol. The Bertz CT molecular complexity index is 1050. The zero-order valence-electron chi connectivity index (χ0n) is 18.7. The molecule has 9 nitrogen and oxygen atoms in total. The van der Waals surface area contributed by atoms with Gasteiger partial charge in [-0.3, -0.25) is 19.3 Å². The van der Waals surface area contributed by atoms with Crippen LogP contribution >= 0.6 is 0 Å². The number of ether oxygens (including phenoxy) is 1. The zero-order chi connectivity index (χ0) is 23.6. The number of amides is 3. The molecule has 33 heavy (non-hydrogen) atoms. The van der Waals surface area contributed by atoms with Gasteiger partial charge in [-0.15, -0.1) is 0 Å². The van der Waals surface area contributed by atoms with Gasteiger partial charge in [-0.1, -0.05) is 12.2 Å². The highest BCUT2D eigenvalue weighted by atomic mass is 32.2. The molecule has 2 unspecified atom stereocenters. The number of carbonyl (C=O) groups is 3. The highest BCUT2D eigenvalue weighted by molar-refractivity contribution is 7.89. The van der Waals surface area contributed by atoms with Crippen molar-refractivity contribution in [1.29, 1.82) is 0 Å². The highest BCUT2D eigenvalue weighted by Crippen LogP contribution is 2.35. The predicted molar refractivity (Wildman–Crippen MR) is 121 cm³/mol. The van der Waals surface area contributed by atoms with Crippen LogP contribution in [0.5, 0.6) is 5.75 Å². The lowest BCUT2D eigenvalue weighted by Gasteiger charge is -2.19. The maximum atomic E-state index is 13.1. The third kappa shape index (κ3) is 4.67. The van der Waals surface area contributed by atoms with E-state index in [1.54, 1.807) is 13.0 Å². The molecule has 4 rings (SSSR count). The molecule has 2 fully saturated rings. The van der Waals surface area contributed by atoms with E-state index in [1.807, 2.05) is 12.2 Å². The van der Waals surface area contributed by atoms with Crippen molar-refractivity contribution in [2.75, 3.05) is 31.6 Å². The zero-order valence-corrected chi connectivity index (χ0v) is 19.5. The number of nitrogens with one attached hydrogen (secondary N) is 1. The number of hydrogen-bond donors (Lipinski definition) is 1. The number of benzene rings is 1. The maximum Gasteiger partial charge on any atom is 0.246 e. The Morgan fingerprint density at radius 2 is 1.73 bits per heavy atom. The Morgan fingerprint density at radius 3 is 2.33 bits per heavy atom. The van der Waals surface area contributed by atoms with Gasteiger partial charge < -0.3 is 10.1 Å². The first-order valence-electron chi connectivity index (χ1n) is 11.4. The van der Waals surface area contributed by atoms with Crippen LogP contribution < -0.4 is 10.1 Å². The van der Waals surface area contributed by atoms with Gasteiger partial charge in [-0.25, -0.2) is 8.42 Å². The fraction of sp³-hybridized carbons (Fsp3) is 0.522. The van der Waals surface area contributed by atoms with E-state index in [1.165, 1.54) is 21.3 Å². The van der Waals surface area contributed by atoms with Gasteiger partial charge in [-0.05, 0) is 50.8 Å². The molecule has 0 aromatic heterocycles. The number of rotatable bonds is 8. The van der Waals surface area contributed by atoms with E-state index in [0.29, 0.717) is 38.2 Å². The van der Waals surface area contributed by atoms with E-state index in [4.69, 9.17) is 4.74 Å². The van der Waals surface area contributed by atoms with Crippen molar-refractivity contribution in [1.82, 2.24) is 9.21 Å². The van der Waals surface area contributed by atoms with Crippen LogP contribution in [0, 0.1) is 11.8 Å². The topological polar surface area (TPSA) is 113 Å². The summed E-state index contributed by atoms with van der Waals surface area (Å²) in [5, 5.41) is 2.69.